The minimum absolute atomic E-state index is 0.125. The second-order valence-electron chi connectivity index (χ2n) is 6.27. The fraction of sp³-hybridized carbons (Fsp3) is 0.444. The second kappa shape index (κ2) is 9.79. The van der Waals surface area contributed by atoms with Gasteiger partial charge in [-0.05, 0) is 18.6 Å². The van der Waals surface area contributed by atoms with E-state index in [2.05, 4.69) is 15.3 Å². The van der Waals surface area contributed by atoms with Crippen LogP contribution in [0.1, 0.15) is 28.3 Å². The van der Waals surface area contributed by atoms with E-state index < -0.39 is 12.0 Å². The van der Waals surface area contributed by atoms with Gasteiger partial charge in [0.15, 0.2) is 0 Å². The maximum absolute atomic E-state index is 12.5. The Bertz CT molecular complexity index is 777. The molecule has 0 spiro atoms. The zero-order chi connectivity index (χ0) is 19.8. The maximum atomic E-state index is 12.5. The van der Waals surface area contributed by atoms with E-state index in [9.17, 15) is 14.7 Å². The average molecular weight is 375 g/mol. The molecule has 2 rings (SSSR count). The summed E-state index contributed by atoms with van der Waals surface area (Å²) >= 11 is 0. The summed E-state index contributed by atoms with van der Waals surface area (Å²) in [6.07, 6.45) is 6.53. The van der Waals surface area contributed by atoms with Gasteiger partial charge >= 0.3 is 5.97 Å². The fourth-order valence-electron chi connectivity index (χ4n) is 2.65. The summed E-state index contributed by atoms with van der Waals surface area (Å²) in [7, 11) is 3.62. The van der Waals surface area contributed by atoms with Gasteiger partial charge in [0.2, 0.25) is 5.91 Å². The number of hydrogen-bond acceptors (Lipinski definition) is 6. The highest BCUT2D eigenvalue weighted by atomic mass is 16.4. The number of carboxylic acid groups (broad SMARTS) is 1. The number of carbonyl (C=O) groups is 2. The van der Waals surface area contributed by atoms with Crippen LogP contribution in [0.2, 0.25) is 0 Å². The molecule has 0 radical (unpaired) electrons. The van der Waals surface area contributed by atoms with Gasteiger partial charge in [-0.2, -0.15) is 0 Å². The van der Waals surface area contributed by atoms with Crippen LogP contribution in [0.25, 0.3) is 0 Å². The third-order valence-electron chi connectivity index (χ3n) is 4.26. The van der Waals surface area contributed by atoms with Gasteiger partial charge < -0.3 is 19.7 Å². The summed E-state index contributed by atoms with van der Waals surface area (Å²) in [5, 5.41) is 21.5. The summed E-state index contributed by atoms with van der Waals surface area (Å²) in [4.78, 5) is 33.4. The smallest absolute Gasteiger partial charge is 0.335 e. The summed E-state index contributed by atoms with van der Waals surface area (Å²) < 4.78 is 1.94. The summed E-state index contributed by atoms with van der Waals surface area (Å²) in [5.41, 5.74) is 0.610. The molecule has 0 fully saturated rings. The van der Waals surface area contributed by atoms with E-state index in [4.69, 9.17) is 5.11 Å². The van der Waals surface area contributed by atoms with Crippen molar-refractivity contribution in [1.29, 1.82) is 0 Å². The summed E-state index contributed by atoms with van der Waals surface area (Å²) in [6.45, 7) is 0.358. The number of nitrogens with zero attached hydrogens (tertiary/aromatic N) is 4. The number of likely N-dealkylation sites (N-methyl/N-ethyl adjacent to an activating group) is 1. The molecule has 0 aliphatic carbocycles. The molecule has 0 saturated carbocycles. The zero-order valence-electron chi connectivity index (χ0n) is 15.5. The van der Waals surface area contributed by atoms with Gasteiger partial charge in [-0.1, -0.05) is 0 Å². The van der Waals surface area contributed by atoms with Gasteiger partial charge in [0.1, 0.15) is 11.9 Å². The Balaban J connectivity index is 1.84. The molecule has 0 bridgehead atoms. The van der Waals surface area contributed by atoms with Crippen LogP contribution in [0.5, 0.6) is 0 Å². The Labute approximate surface area is 157 Å². The van der Waals surface area contributed by atoms with Crippen LogP contribution in [0.15, 0.2) is 30.7 Å². The van der Waals surface area contributed by atoms with Crippen LogP contribution < -0.4 is 5.32 Å². The highest BCUT2D eigenvalue weighted by Gasteiger charge is 2.21. The Hall–Kier alpha value is -2.78. The number of aliphatic hydroxyl groups is 1. The van der Waals surface area contributed by atoms with Crippen molar-refractivity contribution in [3.63, 3.8) is 0 Å². The average Bonchev–Trinajstić information content (AvgIpc) is 3.07. The zero-order valence-corrected chi connectivity index (χ0v) is 15.5. The summed E-state index contributed by atoms with van der Waals surface area (Å²) in [5.74, 6) is -0.315. The minimum Gasteiger partial charge on any atom is -0.478 e. The molecule has 27 heavy (non-hydrogen) atoms. The largest absolute Gasteiger partial charge is 0.478 e. The van der Waals surface area contributed by atoms with Crippen LogP contribution in [0.4, 0.5) is 0 Å². The number of carboxylic acids is 1. The quantitative estimate of drug-likeness (QED) is 0.537. The number of aromatic carboxylic acids is 1. The van der Waals surface area contributed by atoms with E-state index in [0.29, 0.717) is 12.2 Å². The molecule has 2 heterocycles. The third-order valence-corrected chi connectivity index (χ3v) is 4.26. The lowest BCUT2D eigenvalue weighted by molar-refractivity contribution is -0.133. The van der Waals surface area contributed by atoms with E-state index in [0.717, 1.165) is 18.7 Å². The number of nitrogens with one attached hydrogen (secondary N) is 1. The molecule has 1 unspecified atom stereocenters. The monoisotopic (exact) mass is 375 g/mol. The second-order valence-corrected chi connectivity index (χ2v) is 6.27. The van der Waals surface area contributed by atoms with Crippen molar-refractivity contribution in [2.45, 2.75) is 25.4 Å². The van der Waals surface area contributed by atoms with Crippen LogP contribution >= 0.6 is 0 Å². The van der Waals surface area contributed by atoms with Crippen molar-refractivity contribution in [3.05, 3.63) is 47.8 Å². The van der Waals surface area contributed by atoms with Crippen LogP contribution in [-0.2, 0) is 24.8 Å². The third kappa shape index (κ3) is 5.87. The first-order valence-electron chi connectivity index (χ1n) is 8.66. The predicted octanol–water partition coefficient (Wildman–Crippen LogP) is 0.0550. The number of aromatic nitrogens is 3. The Morgan fingerprint density at radius 2 is 2.11 bits per heavy atom. The molecule has 146 valence electrons. The van der Waals surface area contributed by atoms with Crippen molar-refractivity contribution in [3.8, 4) is 0 Å². The first-order chi connectivity index (χ1) is 12.9. The van der Waals surface area contributed by atoms with E-state index in [1.165, 1.54) is 18.3 Å². The SMILES string of the molecule is CN(CCCc1nccn1C)C(=O)C(CO)NCc1cc(C(=O)O)ccn1. The fourth-order valence-corrected chi connectivity index (χ4v) is 2.65. The van der Waals surface area contributed by atoms with Crippen molar-refractivity contribution < 1.29 is 19.8 Å². The van der Waals surface area contributed by atoms with E-state index in [-0.39, 0.29) is 24.6 Å². The number of pyridine rings is 1. The van der Waals surface area contributed by atoms with Gasteiger partial charge in [-0.25, -0.2) is 9.78 Å². The number of imidazole rings is 1. The lowest BCUT2D eigenvalue weighted by Crippen LogP contribution is -2.47. The van der Waals surface area contributed by atoms with E-state index >= 15 is 0 Å². The number of hydrogen-bond donors (Lipinski definition) is 3. The topological polar surface area (TPSA) is 121 Å². The van der Waals surface area contributed by atoms with E-state index in [1.807, 2.05) is 17.8 Å². The molecule has 3 N–H and O–H groups in total. The standard InChI is InChI=1S/C18H25N5O4/c1-22-9-7-20-16(22)4-3-8-23(2)17(25)15(12-24)21-11-14-10-13(18(26)27)5-6-19-14/h5-7,9-10,15,21,24H,3-4,8,11-12H2,1-2H3,(H,26,27). The molecule has 0 aliphatic heterocycles. The van der Waals surface area contributed by atoms with Gasteiger partial charge in [-0.3, -0.25) is 15.1 Å². The highest BCUT2D eigenvalue weighted by molar-refractivity contribution is 5.87. The molecule has 0 aromatic carbocycles. The molecule has 1 atom stereocenters. The van der Waals surface area contributed by atoms with Crippen molar-refractivity contribution >= 4 is 11.9 Å². The number of rotatable bonds is 10. The first-order valence-corrected chi connectivity index (χ1v) is 8.66. The first kappa shape index (κ1) is 20.5. The van der Waals surface area contributed by atoms with Gasteiger partial charge in [-0.15, -0.1) is 0 Å². The number of aliphatic hydroxyl groups excluding tert-OH is 1. The molecule has 0 aliphatic rings. The molecule has 2 aromatic heterocycles. The Morgan fingerprint density at radius 3 is 2.74 bits per heavy atom. The van der Waals surface area contributed by atoms with Gasteiger partial charge in [0.05, 0.1) is 17.9 Å². The molecular weight excluding hydrogens is 350 g/mol. The Kier molecular flexibility index (Phi) is 7.44. The molecule has 9 heteroatoms. The predicted molar refractivity (Wildman–Crippen MR) is 98.1 cm³/mol. The van der Waals surface area contributed by atoms with Gasteiger partial charge in [0, 0.05) is 52.2 Å². The number of amides is 1. The van der Waals surface area contributed by atoms with Crippen LogP contribution in [-0.4, -0.2) is 67.8 Å². The molecular formula is C18H25N5O4. The number of carbonyl (C=O) groups excluding carboxylic acids is 1. The van der Waals surface area contributed by atoms with Crippen molar-refractivity contribution in [2.75, 3.05) is 20.2 Å². The van der Waals surface area contributed by atoms with Crippen LogP contribution in [0.3, 0.4) is 0 Å². The van der Waals surface area contributed by atoms with Crippen molar-refractivity contribution in [1.82, 2.24) is 24.8 Å². The van der Waals surface area contributed by atoms with Gasteiger partial charge in [0.25, 0.3) is 0 Å². The molecule has 2 aromatic rings. The molecule has 0 saturated heterocycles. The maximum Gasteiger partial charge on any atom is 0.335 e. The lowest BCUT2D eigenvalue weighted by atomic mass is 10.2. The van der Waals surface area contributed by atoms with E-state index in [1.54, 1.807) is 18.1 Å². The highest BCUT2D eigenvalue weighted by Crippen LogP contribution is 2.04. The Morgan fingerprint density at radius 1 is 1.33 bits per heavy atom. The van der Waals surface area contributed by atoms with Crippen LogP contribution in [0, 0.1) is 0 Å². The normalized spacial score (nSPS) is 12.0. The summed E-state index contributed by atoms with van der Waals surface area (Å²) in [6, 6.07) is 2.05. The lowest BCUT2D eigenvalue weighted by Gasteiger charge is -2.23. The van der Waals surface area contributed by atoms with Crippen molar-refractivity contribution in [2.24, 2.45) is 7.05 Å². The minimum atomic E-state index is -1.04. The molecule has 9 nitrogen and oxygen atoms in total. The molecule has 1 amide bonds. The number of aryl methyl sites for hydroxylation is 2.